The Morgan fingerprint density at radius 2 is 2.00 bits per heavy atom. The number of hydrogen-bond donors (Lipinski definition) is 3. The lowest BCUT2D eigenvalue weighted by molar-refractivity contribution is 0.483. The summed E-state index contributed by atoms with van der Waals surface area (Å²) in [4.78, 5) is -0.150. The monoisotopic (exact) mass is 282 g/mol. The van der Waals surface area contributed by atoms with Gasteiger partial charge in [-0.1, -0.05) is 18.2 Å². The normalized spacial score (nSPS) is 11.4. The van der Waals surface area contributed by atoms with Crippen molar-refractivity contribution in [2.45, 2.75) is 4.90 Å². The lowest BCUT2D eigenvalue weighted by Crippen LogP contribution is -2.18. The van der Waals surface area contributed by atoms with Crippen LogP contribution in [0.1, 0.15) is 0 Å². The minimum absolute atomic E-state index is 0.126. The van der Waals surface area contributed by atoms with Gasteiger partial charge < -0.3 is 11.1 Å². The van der Waals surface area contributed by atoms with E-state index in [-0.39, 0.29) is 10.0 Å². The molecule has 94 valence electrons. The number of nitrogens with one attached hydrogen (secondary N) is 1. The van der Waals surface area contributed by atoms with Crippen molar-refractivity contribution in [2.24, 2.45) is 5.73 Å². The van der Waals surface area contributed by atoms with E-state index in [1.165, 1.54) is 12.1 Å². The summed E-state index contributed by atoms with van der Waals surface area (Å²) in [6.07, 6.45) is 0. The van der Waals surface area contributed by atoms with Gasteiger partial charge in [0.2, 0.25) is 0 Å². The van der Waals surface area contributed by atoms with E-state index in [0.29, 0.717) is 11.1 Å². The Morgan fingerprint density at radius 3 is 2.61 bits per heavy atom. The molecule has 0 radical (unpaired) electrons. The van der Waals surface area contributed by atoms with E-state index < -0.39 is 10.1 Å². The average Bonchev–Trinajstić information content (AvgIpc) is 2.27. The lowest BCUT2D eigenvalue weighted by Gasteiger charge is -2.08. The summed E-state index contributed by atoms with van der Waals surface area (Å²) < 4.78 is 31.1. The van der Waals surface area contributed by atoms with Gasteiger partial charge >= 0.3 is 0 Å². The molecule has 4 N–H and O–H groups in total. The molecule has 0 spiro atoms. The molecular formula is C11H10N2O3S2. The van der Waals surface area contributed by atoms with Crippen molar-refractivity contribution in [2.75, 3.05) is 5.32 Å². The van der Waals surface area contributed by atoms with Gasteiger partial charge in [0.15, 0.2) is 5.11 Å². The van der Waals surface area contributed by atoms with E-state index in [2.05, 4.69) is 5.32 Å². The molecule has 2 rings (SSSR count). The minimum Gasteiger partial charge on any atom is -0.376 e. The second-order valence-corrected chi connectivity index (χ2v) is 5.51. The van der Waals surface area contributed by atoms with Crippen LogP contribution in [0.3, 0.4) is 0 Å². The maximum absolute atomic E-state index is 11.0. The number of fused-ring (bicyclic) bond motifs is 1. The predicted octanol–water partition coefficient (Wildman–Crippen LogP) is 1.74. The molecule has 0 amide bonds. The van der Waals surface area contributed by atoms with Crippen molar-refractivity contribution in [1.29, 1.82) is 0 Å². The Labute approximate surface area is 109 Å². The molecular weight excluding hydrogens is 272 g/mol. The summed E-state index contributed by atoms with van der Waals surface area (Å²) in [5.41, 5.74) is 6.08. The zero-order valence-corrected chi connectivity index (χ0v) is 10.8. The molecule has 2 aromatic carbocycles. The molecule has 0 saturated carbocycles. The van der Waals surface area contributed by atoms with Gasteiger partial charge in [0.25, 0.3) is 10.1 Å². The van der Waals surface area contributed by atoms with Crippen LogP contribution in [0.25, 0.3) is 10.8 Å². The van der Waals surface area contributed by atoms with E-state index in [1.54, 1.807) is 24.3 Å². The minimum atomic E-state index is -4.20. The van der Waals surface area contributed by atoms with Crippen molar-refractivity contribution in [1.82, 2.24) is 0 Å². The van der Waals surface area contributed by atoms with Crippen LogP contribution in [0.2, 0.25) is 0 Å². The van der Waals surface area contributed by atoms with Crippen LogP contribution in [-0.4, -0.2) is 18.1 Å². The molecule has 0 unspecified atom stereocenters. The van der Waals surface area contributed by atoms with Crippen LogP contribution in [0, 0.1) is 0 Å². The van der Waals surface area contributed by atoms with Crippen molar-refractivity contribution in [3.63, 3.8) is 0 Å². The third-order valence-corrected chi connectivity index (χ3v) is 3.36. The topological polar surface area (TPSA) is 92.4 Å². The van der Waals surface area contributed by atoms with Gasteiger partial charge in [-0.05, 0) is 35.8 Å². The molecule has 0 atom stereocenters. The first-order chi connectivity index (χ1) is 8.38. The van der Waals surface area contributed by atoms with Crippen LogP contribution in [-0.2, 0) is 10.1 Å². The van der Waals surface area contributed by atoms with Gasteiger partial charge in [-0.15, -0.1) is 0 Å². The molecule has 0 fully saturated rings. The second-order valence-electron chi connectivity index (χ2n) is 3.65. The summed E-state index contributed by atoms with van der Waals surface area (Å²) in [5, 5.41) is 4.35. The van der Waals surface area contributed by atoms with E-state index >= 15 is 0 Å². The first-order valence-corrected chi connectivity index (χ1v) is 6.79. The highest BCUT2D eigenvalue weighted by Crippen LogP contribution is 2.25. The molecule has 5 nitrogen and oxygen atoms in total. The number of nitrogens with two attached hydrogens (primary N) is 1. The molecule has 0 saturated heterocycles. The standard InChI is InChI=1S/C11H10N2O3S2/c12-11(17)13-10-3-1-2-7-6-8(18(14,15)16)4-5-9(7)10/h1-6H,(H3,12,13,17)(H,14,15,16). The first kappa shape index (κ1) is 12.7. The lowest BCUT2D eigenvalue weighted by atomic mass is 10.1. The predicted molar refractivity (Wildman–Crippen MR) is 74.2 cm³/mol. The third kappa shape index (κ3) is 2.58. The number of hydrogen-bond acceptors (Lipinski definition) is 3. The molecule has 0 aliphatic carbocycles. The summed E-state index contributed by atoms with van der Waals surface area (Å²) in [6.45, 7) is 0. The SMILES string of the molecule is NC(=S)Nc1cccc2cc(S(=O)(=O)O)ccc12. The van der Waals surface area contributed by atoms with Crippen molar-refractivity contribution >= 4 is 43.9 Å². The molecule has 0 aliphatic rings. The van der Waals surface area contributed by atoms with E-state index in [4.69, 9.17) is 22.5 Å². The molecule has 0 aliphatic heterocycles. The van der Waals surface area contributed by atoms with E-state index in [0.717, 1.165) is 5.39 Å². The first-order valence-electron chi connectivity index (χ1n) is 4.94. The van der Waals surface area contributed by atoms with Crippen LogP contribution < -0.4 is 11.1 Å². The maximum atomic E-state index is 11.0. The Bertz CT molecular complexity index is 726. The number of thiocarbonyl (C=S) groups is 1. The zero-order valence-electron chi connectivity index (χ0n) is 9.12. The number of benzene rings is 2. The van der Waals surface area contributed by atoms with Crippen LogP contribution >= 0.6 is 12.2 Å². The van der Waals surface area contributed by atoms with Crippen LogP contribution in [0.4, 0.5) is 5.69 Å². The van der Waals surface area contributed by atoms with Crippen molar-refractivity contribution in [3.05, 3.63) is 36.4 Å². The summed E-state index contributed by atoms with van der Waals surface area (Å²) >= 11 is 4.76. The van der Waals surface area contributed by atoms with Gasteiger partial charge in [-0.25, -0.2) is 0 Å². The Kier molecular flexibility index (Phi) is 3.20. The average molecular weight is 282 g/mol. The summed E-state index contributed by atoms with van der Waals surface area (Å²) in [7, 11) is -4.20. The smallest absolute Gasteiger partial charge is 0.294 e. The summed E-state index contributed by atoms with van der Waals surface area (Å²) in [5.74, 6) is 0. The van der Waals surface area contributed by atoms with Crippen molar-refractivity contribution < 1.29 is 13.0 Å². The fraction of sp³-hybridized carbons (Fsp3) is 0. The highest BCUT2D eigenvalue weighted by atomic mass is 32.2. The highest BCUT2D eigenvalue weighted by molar-refractivity contribution is 7.85. The molecule has 2 aromatic rings. The fourth-order valence-corrected chi connectivity index (χ4v) is 2.29. The zero-order chi connectivity index (χ0) is 13.3. The van der Waals surface area contributed by atoms with Crippen LogP contribution in [0.5, 0.6) is 0 Å². The van der Waals surface area contributed by atoms with Gasteiger partial charge in [0.05, 0.1) is 4.90 Å². The Hall–Kier alpha value is -1.70. The quantitative estimate of drug-likeness (QED) is 0.574. The number of rotatable bonds is 2. The molecule has 7 heteroatoms. The third-order valence-electron chi connectivity index (χ3n) is 2.41. The molecule has 18 heavy (non-hydrogen) atoms. The molecule has 0 heterocycles. The van der Waals surface area contributed by atoms with Crippen molar-refractivity contribution in [3.8, 4) is 0 Å². The number of anilines is 1. The fourth-order valence-electron chi connectivity index (χ4n) is 1.66. The van der Waals surface area contributed by atoms with Crippen LogP contribution in [0.15, 0.2) is 41.3 Å². The highest BCUT2D eigenvalue weighted by Gasteiger charge is 2.10. The Morgan fingerprint density at radius 1 is 1.28 bits per heavy atom. The molecule has 0 aromatic heterocycles. The maximum Gasteiger partial charge on any atom is 0.294 e. The van der Waals surface area contributed by atoms with Gasteiger partial charge in [-0.2, -0.15) is 8.42 Å². The summed E-state index contributed by atoms with van der Waals surface area (Å²) in [6, 6.07) is 9.52. The largest absolute Gasteiger partial charge is 0.376 e. The van der Waals surface area contributed by atoms with E-state index in [9.17, 15) is 8.42 Å². The van der Waals surface area contributed by atoms with Gasteiger partial charge in [-0.3, -0.25) is 4.55 Å². The second kappa shape index (κ2) is 4.52. The molecule has 0 bridgehead atoms. The van der Waals surface area contributed by atoms with Gasteiger partial charge in [0.1, 0.15) is 0 Å². The Balaban J connectivity index is 2.64. The van der Waals surface area contributed by atoms with E-state index in [1.807, 2.05) is 0 Å². The van der Waals surface area contributed by atoms with Gasteiger partial charge in [0, 0.05) is 11.1 Å².